The minimum Gasteiger partial charge on any atom is -0.508 e. The van der Waals surface area contributed by atoms with E-state index in [0.29, 0.717) is 5.56 Å². The molecule has 0 aromatic heterocycles. The quantitative estimate of drug-likeness (QED) is 0.688. The van der Waals surface area contributed by atoms with Crippen LogP contribution in [0, 0.1) is 11.3 Å². The van der Waals surface area contributed by atoms with Gasteiger partial charge in [-0.15, -0.1) is 0 Å². The van der Waals surface area contributed by atoms with Crippen LogP contribution in [0.4, 0.5) is 0 Å². The maximum atomic E-state index is 9.18. The van der Waals surface area contributed by atoms with Crippen LogP contribution in [-0.4, -0.2) is 10.2 Å². The summed E-state index contributed by atoms with van der Waals surface area (Å²) in [6.07, 6.45) is 0. The van der Waals surface area contributed by atoms with E-state index >= 15 is 0 Å². The fourth-order valence-corrected chi connectivity index (χ4v) is 1.02. The second-order valence-electron chi connectivity index (χ2n) is 3.47. The van der Waals surface area contributed by atoms with E-state index in [9.17, 15) is 10.2 Å². The van der Waals surface area contributed by atoms with Gasteiger partial charge in [-0.3, -0.25) is 0 Å². The number of hydrogen-bond donors (Lipinski definition) is 2. The maximum absolute atomic E-state index is 9.18. The number of benzene rings is 1. The van der Waals surface area contributed by atoms with Gasteiger partial charge in [-0.05, 0) is 31.5 Å². The van der Waals surface area contributed by atoms with Crippen molar-refractivity contribution in [3.05, 3.63) is 23.8 Å². The molecule has 13 heavy (non-hydrogen) atoms. The Balaban J connectivity index is 3.25. The fraction of sp³-hybridized carbons (Fsp3) is 0.300. The molecular formula is C10H11NO2. The van der Waals surface area contributed by atoms with Crippen molar-refractivity contribution in [2.45, 2.75) is 19.3 Å². The highest BCUT2D eigenvalue weighted by Gasteiger charge is 2.20. The number of aromatic hydroxyl groups is 2. The van der Waals surface area contributed by atoms with E-state index in [4.69, 9.17) is 5.26 Å². The number of phenols is 2. The highest BCUT2D eigenvalue weighted by molar-refractivity contribution is 5.42. The van der Waals surface area contributed by atoms with Crippen LogP contribution in [0.5, 0.6) is 11.5 Å². The number of hydrogen-bond acceptors (Lipinski definition) is 3. The zero-order valence-corrected chi connectivity index (χ0v) is 7.57. The van der Waals surface area contributed by atoms with Gasteiger partial charge in [-0.1, -0.05) is 0 Å². The minimum atomic E-state index is -0.698. The van der Waals surface area contributed by atoms with Crippen molar-refractivity contribution in [3.63, 3.8) is 0 Å². The molecule has 0 heterocycles. The number of rotatable bonds is 1. The molecule has 0 amide bonds. The molecule has 0 unspecified atom stereocenters. The second kappa shape index (κ2) is 2.98. The SMILES string of the molecule is CC(C)(C#N)c1cc(O)cc(O)c1. The van der Waals surface area contributed by atoms with Gasteiger partial charge in [0.25, 0.3) is 0 Å². The van der Waals surface area contributed by atoms with E-state index in [0.717, 1.165) is 0 Å². The smallest absolute Gasteiger partial charge is 0.119 e. The first-order chi connectivity index (χ1) is 5.95. The van der Waals surface area contributed by atoms with E-state index in [2.05, 4.69) is 6.07 Å². The molecule has 0 aliphatic carbocycles. The Bertz CT molecular complexity index is 343. The van der Waals surface area contributed by atoms with Gasteiger partial charge in [0.15, 0.2) is 0 Å². The number of nitrogens with zero attached hydrogens (tertiary/aromatic N) is 1. The van der Waals surface area contributed by atoms with Crippen molar-refractivity contribution < 1.29 is 10.2 Å². The molecule has 2 N–H and O–H groups in total. The predicted molar refractivity (Wildman–Crippen MR) is 48.4 cm³/mol. The summed E-state index contributed by atoms with van der Waals surface area (Å²) in [6, 6.07) is 6.27. The molecule has 0 fully saturated rings. The molecule has 68 valence electrons. The average Bonchev–Trinajstić information content (AvgIpc) is 2.02. The molecule has 0 spiro atoms. The molecule has 1 aromatic carbocycles. The average molecular weight is 177 g/mol. The molecule has 1 aromatic rings. The lowest BCUT2D eigenvalue weighted by atomic mass is 9.86. The predicted octanol–water partition coefficient (Wildman–Crippen LogP) is 1.90. The Morgan fingerprint density at radius 2 is 1.62 bits per heavy atom. The summed E-state index contributed by atoms with van der Waals surface area (Å²) in [5.41, 5.74) is -0.0940. The van der Waals surface area contributed by atoms with Crippen LogP contribution in [0.15, 0.2) is 18.2 Å². The van der Waals surface area contributed by atoms with E-state index < -0.39 is 5.41 Å². The molecule has 3 nitrogen and oxygen atoms in total. The van der Waals surface area contributed by atoms with Crippen LogP contribution in [-0.2, 0) is 5.41 Å². The summed E-state index contributed by atoms with van der Waals surface area (Å²) in [7, 11) is 0. The van der Waals surface area contributed by atoms with Gasteiger partial charge in [0.1, 0.15) is 11.5 Å². The molecule has 0 bridgehead atoms. The van der Waals surface area contributed by atoms with Crippen LogP contribution >= 0.6 is 0 Å². The Morgan fingerprint density at radius 3 is 2.00 bits per heavy atom. The number of phenolic OH excluding ortho intramolecular Hbond substituents is 2. The third-order valence-electron chi connectivity index (χ3n) is 1.90. The standard InChI is InChI=1S/C10H11NO2/c1-10(2,6-11)7-3-8(12)5-9(13)4-7/h3-5,12-13H,1-2H3. The van der Waals surface area contributed by atoms with Gasteiger partial charge in [0.05, 0.1) is 11.5 Å². The topological polar surface area (TPSA) is 64.2 Å². The summed E-state index contributed by atoms with van der Waals surface area (Å²) in [6.45, 7) is 3.45. The molecule has 0 radical (unpaired) electrons. The normalized spacial score (nSPS) is 10.8. The molecule has 0 aliphatic rings. The van der Waals surface area contributed by atoms with Gasteiger partial charge in [0.2, 0.25) is 0 Å². The largest absolute Gasteiger partial charge is 0.508 e. The van der Waals surface area contributed by atoms with E-state index in [1.807, 2.05) is 0 Å². The van der Waals surface area contributed by atoms with Gasteiger partial charge >= 0.3 is 0 Å². The monoisotopic (exact) mass is 177 g/mol. The van der Waals surface area contributed by atoms with Gasteiger partial charge < -0.3 is 10.2 Å². The van der Waals surface area contributed by atoms with Crippen molar-refractivity contribution in [1.82, 2.24) is 0 Å². The van der Waals surface area contributed by atoms with Crippen molar-refractivity contribution in [1.29, 1.82) is 5.26 Å². The lowest BCUT2D eigenvalue weighted by Gasteiger charge is -2.15. The van der Waals surface area contributed by atoms with Crippen molar-refractivity contribution in [2.24, 2.45) is 0 Å². The zero-order chi connectivity index (χ0) is 10.1. The summed E-state index contributed by atoms with van der Waals surface area (Å²) in [4.78, 5) is 0. The first-order valence-electron chi connectivity index (χ1n) is 3.90. The fourth-order valence-electron chi connectivity index (χ4n) is 1.02. The van der Waals surface area contributed by atoms with Crippen LogP contribution < -0.4 is 0 Å². The third kappa shape index (κ3) is 1.91. The van der Waals surface area contributed by atoms with Crippen LogP contribution in [0.25, 0.3) is 0 Å². The zero-order valence-electron chi connectivity index (χ0n) is 7.57. The molecule has 0 aliphatic heterocycles. The van der Waals surface area contributed by atoms with Crippen molar-refractivity contribution in [3.8, 4) is 17.6 Å². The Kier molecular flexibility index (Phi) is 2.16. The molecule has 3 heteroatoms. The highest BCUT2D eigenvalue weighted by Crippen LogP contribution is 2.29. The van der Waals surface area contributed by atoms with Gasteiger partial charge in [-0.2, -0.15) is 5.26 Å². The Morgan fingerprint density at radius 1 is 1.15 bits per heavy atom. The molecule has 0 saturated carbocycles. The van der Waals surface area contributed by atoms with E-state index in [1.165, 1.54) is 18.2 Å². The van der Waals surface area contributed by atoms with Crippen molar-refractivity contribution >= 4 is 0 Å². The Hall–Kier alpha value is -1.69. The van der Waals surface area contributed by atoms with Crippen LogP contribution in [0.3, 0.4) is 0 Å². The van der Waals surface area contributed by atoms with Crippen LogP contribution in [0.2, 0.25) is 0 Å². The number of nitriles is 1. The first kappa shape index (κ1) is 9.40. The molecule has 0 atom stereocenters. The first-order valence-corrected chi connectivity index (χ1v) is 3.90. The summed E-state index contributed by atoms with van der Waals surface area (Å²) < 4.78 is 0. The highest BCUT2D eigenvalue weighted by atomic mass is 16.3. The summed E-state index contributed by atoms with van der Waals surface area (Å²) in [5, 5.41) is 27.2. The molecule has 1 rings (SSSR count). The lowest BCUT2D eigenvalue weighted by molar-refractivity contribution is 0.447. The van der Waals surface area contributed by atoms with Gasteiger partial charge in [-0.25, -0.2) is 0 Å². The summed E-state index contributed by atoms with van der Waals surface area (Å²) >= 11 is 0. The van der Waals surface area contributed by atoms with E-state index in [-0.39, 0.29) is 11.5 Å². The maximum Gasteiger partial charge on any atom is 0.119 e. The van der Waals surface area contributed by atoms with Crippen LogP contribution in [0.1, 0.15) is 19.4 Å². The third-order valence-corrected chi connectivity index (χ3v) is 1.90. The minimum absolute atomic E-state index is 0.0293. The molecular weight excluding hydrogens is 166 g/mol. The van der Waals surface area contributed by atoms with Gasteiger partial charge in [0, 0.05) is 6.07 Å². The van der Waals surface area contributed by atoms with E-state index in [1.54, 1.807) is 13.8 Å². The second-order valence-corrected chi connectivity index (χ2v) is 3.47. The Labute approximate surface area is 76.9 Å². The summed E-state index contributed by atoms with van der Waals surface area (Å²) in [5.74, 6) is -0.0587. The van der Waals surface area contributed by atoms with Crippen molar-refractivity contribution in [2.75, 3.05) is 0 Å². The lowest BCUT2D eigenvalue weighted by Crippen LogP contribution is -2.13. The molecule has 0 saturated heterocycles.